The van der Waals surface area contributed by atoms with Gasteiger partial charge in [0.2, 0.25) is 10.0 Å². The van der Waals surface area contributed by atoms with Crippen LogP contribution in [0.1, 0.15) is 25.3 Å². The third kappa shape index (κ3) is 2.95. The summed E-state index contributed by atoms with van der Waals surface area (Å²) in [7, 11) is -0.468. The van der Waals surface area contributed by atoms with Gasteiger partial charge >= 0.3 is 0 Å². The average molecular weight is 318 g/mol. The number of rotatable bonds is 6. The summed E-state index contributed by atoms with van der Waals surface area (Å²) in [5.74, 6) is 1.10. The summed E-state index contributed by atoms with van der Waals surface area (Å²) in [6.45, 7) is 1.95. The molecule has 2 rings (SSSR count). The lowest BCUT2D eigenvalue weighted by atomic mass is 10.2. The Bertz CT molecular complexity index is 584. The maximum atomic E-state index is 12.8. The van der Waals surface area contributed by atoms with Crippen LogP contribution in [-0.2, 0) is 15.9 Å². The minimum Gasteiger partial charge on any atom is -0.495 e. The number of hydrogen-bond donors (Lipinski definition) is 0. The molecule has 0 aliphatic heterocycles. The van der Waals surface area contributed by atoms with Crippen LogP contribution in [0, 0.1) is 5.92 Å². The van der Waals surface area contributed by atoms with Gasteiger partial charge in [-0.05, 0) is 43.4 Å². The van der Waals surface area contributed by atoms with Crippen LogP contribution < -0.4 is 4.74 Å². The first-order valence-electron chi connectivity index (χ1n) is 6.62. The predicted molar refractivity (Wildman–Crippen MR) is 79.7 cm³/mol. The predicted octanol–water partition coefficient (Wildman–Crippen LogP) is 2.85. The molecule has 1 aromatic carbocycles. The van der Waals surface area contributed by atoms with Gasteiger partial charge in [-0.2, -0.15) is 4.31 Å². The number of methoxy groups -OCH3 is 1. The van der Waals surface area contributed by atoms with Gasteiger partial charge in [0.15, 0.2) is 0 Å². The SMILES string of the molecule is COc1ccc(CCl)cc1S(=O)(=O)N(C)C(C)C1CC1. The Kier molecular flexibility index (Phi) is 4.62. The van der Waals surface area contributed by atoms with Gasteiger partial charge in [-0.3, -0.25) is 0 Å². The number of hydrogen-bond acceptors (Lipinski definition) is 3. The van der Waals surface area contributed by atoms with E-state index in [0.29, 0.717) is 11.7 Å². The van der Waals surface area contributed by atoms with E-state index >= 15 is 0 Å². The molecule has 1 fully saturated rings. The molecule has 6 heteroatoms. The fourth-order valence-electron chi connectivity index (χ4n) is 2.26. The Labute approximate surface area is 125 Å². The fraction of sp³-hybridized carbons (Fsp3) is 0.571. The largest absolute Gasteiger partial charge is 0.495 e. The van der Waals surface area contributed by atoms with Gasteiger partial charge in [-0.15, -0.1) is 11.6 Å². The number of benzene rings is 1. The molecule has 0 aromatic heterocycles. The highest BCUT2D eigenvalue weighted by Gasteiger charge is 2.37. The van der Waals surface area contributed by atoms with Gasteiger partial charge in [0.1, 0.15) is 10.6 Å². The van der Waals surface area contributed by atoms with Gasteiger partial charge in [0.05, 0.1) is 7.11 Å². The van der Waals surface area contributed by atoms with E-state index in [9.17, 15) is 8.42 Å². The first-order chi connectivity index (χ1) is 9.41. The summed E-state index contributed by atoms with van der Waals surface area (Å²) < 4.78 is 32.1. The first-order valence-corrected chi connectivity index (χ1v) is 8.60. The molecular formula is C14H20ClNO3S. The molecule has 1 unspecified atom stereocenters. The summed E-state index contributed by atoms with van der Waals surface area (Å²) in [5.41, 5.74) is 0.763. The molecular weight excluding hydrogens is 298 g/mol. The van der Waals surface area contributed by atoms with Crippen molar-refractivity contribution in [3.63, 3.8) is 0 Å². The van der Waals surface area contributed by atoms with Crippen molar-refractivity contribution in [3.05, 3.63) is 23.8 Å². The van der Waals surface area contributed by atoms with E-state index in [-0.39, 0.29) is 16.8 Å². The normalized spacial score (nSPS) is 17.2. The van der Waals surface area contributed by atoms with Crippen LogP contribution in [0.3, 0.4) is 0 Å². The van der Waals surface area contributed by atoms with E-state index in [4.69, 9.17) is 16.3 Å². The molecule has 1 aliphatic carbocycles. The topological polar surface area (TPSA) is 46.6 Å². The summed E-state index contributed by atoms with van der Waals surface area (Å²) in [6, 6.07) is 5.02. The van der Waals surface area contributed by atoms with E-state index in [2.05, 4.69) is 0 Å². The zero-order chi connectivity index (χ0) is 14.9. The molecule has 0 amide bonds. The van der Waals surface area contributed by atoms with Gasteiger partial charge in [0.25, 0.3) is 0 Å². The molecule has 0 saturated heterocycles. The van der Waals surface area contributed by atoms with Crippen LogP contribution in [-0.4, -0.2) is 32.9 Å². The minimum absolute atomic E-state index is 0.00404. The average Bonchev–Trinajstić information content (AvgIpc) is 3.29. The molecule has 1 saturated carbocycles. The zero-order valence-corrected chi connectivity index (χ0v) is 13.5. The maximum absolute atomic E-state index is 12.8. The van der Waals surface area contributed by atoms with Gasteiger partial charge in [0, 0.05) is 19.0 Å². The number of sulfonamides is 1. The second kappa shape index (κ2) is 5.92. The quantitative estimate of drug-likeness (QED) is 0.758. The Balaban J connectivity index is 2.41. The van der Waals surface area contributed by atoms with Gasteiger partial charge in [-0.25, -0.2) is 8.42 Å². The monoisotopic (exact) mass is 317 g/mol. The second-order valence-electron chi connectivity index (χ2n) is 5.22. The number of alkyl halides is 1. The van der Waals surface area contributed by atoms with Crippen molar-refractivity contribution in [3.8, 4) is 5.75 Å². The molecule has 0 heterocycles. The second-order valence-corrected chi connectivity index (χ2v) is 7.45. The fourth-order valence-corrected chi connectivity index (χ4v) is 4.05. The molecule has 1 atom stereocenters. The van der Waals surface area contributed by atoms with Gasteiger partial charge in [-0.1, -0.05) is 6.07 Å². The first kappa shape index (κ1) is 15.6. The van der Waals surface area contributed by atoms with E-state index in [1.807, 2.05) is 6.92 Å². The smallest absolute Gasteiger partial charge is 0.246 e. The standard InChI is InChI=1S/C14H20ClNO3S/c1-10(12-5-6-12)16(2)20(17,18)14-8-11(9-15)4-7-13(14)19-3/h4,7-8,10,12H,5-6,9H2,1-3H3. The van der Waals surface area contributed by atoms with Crippen molar-refractivity contribution in [1.82, 2.24) is 4.31 Å². The molecule has 0 N–H and O–H groups in total. The van der Waals surface area contributed by atoms with Crippen molar-refractivity contribution in [1.29, 1.82) is 0 Å². The molecule has 0 radical (unpaired) electrons. The molecule has 20 heavy (non-hydrogen) atoms. The number of ether oxygens (including phenoxy) is 1. The Morgan fingerprint density at radius 2 is 2.10 bits per heavy atom. The summed E-state index contributed by atoms with van der Waals surface area (Å²) in [4.78, 5) is 0.188. The highest BCUT2D eigenvalue weighted by atomic mass is 35.5. The van der Waals surface area contributed by atoms with Crippen molar-refractivity contribution < 1.29 is 13.2 Å². The lowest BCUT2D eigenvalue weighted by Gasteiger charge is -2.25. The zero-order valence-electron chi connectivity index (χ0n) is 12.0. The molecule has 1 aliphatic rings. The Hall–Kier alpha value is -0.780. The lowest BCUT2D eigenvalue weighted by molar-refractivity contribution is 0.352. The van der Waals surface area contributed by atoms with Crippen LogP contribution >= 0.6 is 11.6 Å². The van der Waals surface area contributed by atoms with E-state index in [1.54, 1.807) is 25.2 Å². The minimum atomic E-state index is -3.57. The molecule has 4 nitrogen and oxygen atoms in total. The molecule has 1 aromatic rings. The van der Waals surface area contributed by atoms with Crippen LogP contribution in [0.25, 0.3) is 0 Å². The lowest BCUT2D eigenvalue weighted by Crippen LogP contribution is -2.36. The Morgan fingerprint density at radius 3 is 2.60 bits per heavy atom. The summed E-state index contributed by atoms with van der Waals surface area (Å²) >= 11 is 5.80. The highest BCUT2D eigenvalue weighted by Crippen LogP contribution is 2.37. The van der Waals surface area contributed by atoms with Crippen LogP contribution in [0.4, 0.5) is 0 Å². The van der Waals surface area contributed by atoms with E-state index in [0.717, 1.165) is 18.4 Å². The summed E-state index contributed by atoms with van der Waals surface area (Å²) in [6.07, 6.45) is 2.19. The van der Waals surface area contributed by atoms with Crippen molar-refractivity contribution >= 4 is 21.6 Å². The number of halogens is 1. The molecule has 112 valence electrons. The van der Waals surface area contributed by atoms with Crippen molar-refractivity contribution in [2.75, 3.05) is 14.2 Å². The highest BCUT2D eigenvalue weighted by molar-refractivity contribution is 7.89. The molecule has 0 spiro atoms. The third-order valence-corrected chi connectivity index (χ3v) is 6.19. The molecule has 0 bridgehead atoms. The van der Waals surface area contributed by atoms with E-state index < -0.39 is 10.0 Å². The number of nitrogens with zero attached hydrogens (tertiary/aromatic N) is 1. The van der Waals surface area contributed by atoms with Crippen molar-refractivity contribution in [2.24, 2.45) is 5.92 Å². The maximum Gasteiger partial charge on any atom is 0.246 e. The van der Waals surface area contributed by atoms with Crippen LogP contribution in [0.5, 0.6) is 5.75 Å². The van der Waals surface area contributed by atoms with Crippen LogP contribution in [0.15, 0.2) is 23.1 Å². The third-order valence-electron chi connectivity index (χ3n) is 3.92. The van der Waals surface area contributed by atoms with Gasteiger partial charge < -0.3 is 4.74 Å². The van der Waals surface area contributed by atoms with Crippen molar-refractivity contribution in [2.45, 2.75) is 36.6 Å². The van der Waals surface area contributed by atoms with Crippen LogP contribution in [0.2, 0.25) is 0 Å². The summed E-state index contributed by atoms with van der Waals surface area (Å²) in [5, 5.41) is 0. The van der Waals surface area contributed by atoms with E-state index in [1.165, 1.54) is 11.4 Å². The Morgan fingerprint density at radius 1 is 1.45 bits per heavy atom.